The molecule has 5 nitrogen and oxygen atoms in total. The van der Waals surface area contributed by atoms with Gasteiger partial charge in [-0.25, -0.2) is 0 Å². The van der Waals surface area contributed by atoms with Gasteiger partial charge < -0.3 is 5.32 Å². The number of thioether (sulfide) groups is 1. The summed E-state index contributed by atoms with van der Waals surface area (Å²) in [6.45, 7) is 8.30. The average Bonchev–Trinajstić information content (AvgIpc) is 3.06. The van der Waals surface area contributed by atoms with Crippen molar-refractivity contribution in [1.29, 1.82) is 0 Å². The maximum atomic E-state index is 12.4. The quantitative estimate of drug-likeness (QED) is 0.431. The Hall–Kier alpha value is -2.57. The van der Waals surface area contributed by atoms with Crippen molar-refractivity contribution in [2.75, 3.05) is 11.1 Å². The fourth-order valence-electron chi connectivity index (χ4n) is 2.72. The fourth-order valence-corrected chi connectivity index (χ4v) is 3.69. The lowest BCUT2D eigenvalue weighted by Crippen LogP contribution is -2.15. The van der Waals surface area contributed by atoms with E-state index in [4.69, 9.17) is 11.6 Å². The van der Waals surface area contributed by atoms with Crippen LogP contribution in [0.5, 0.6) is 0 Å². The number of nitrogens with zero attached hydrogens (tertiary/aromatic N) is 3. The summed E-state index contributed by atoms with van der Waals surface area (Å²) >= 11 is 7.64. The number of halogens is 1. The van der Waals surface area contributed by atoms with Crippen molar-refractivity contribution in [2.45, 2.75) is 25.5 Å². The molecule has 0 aliphatic rings. The summed E-state index contributed by atoms with van der Waals surface area (Å²) in [5.41, 5.74) is 3.75. The van der Waals surface area contributed by atoms with Crippen LogP contribution in [-0.2, 0) is 11.3 Å². The number of aryl methyl sites for hydroxylation is 2. The van der Waals surface area contributed by atoms with Crippen LogP contribution in [0.2, 0.25) is 5.02 Å². The molecule has 0 fully saturated rings. The molecule has 0 aliphatic heterocycles. The number of carbonyl (C=O) groups excluding carboxylic acids is 1. The lowest BCUT2D eigenvalue weighted by molar-refractivity contribution is -0.113. The normalized spacial score (nSPS) is 10.7. The predicted molar refractivity (Wildman–Crippen MR) is 116 cm³/mol. The summed E-state index contributed by atoms with van der Waals surface area (Å²) in [7, 11) is 0. The highest BCUT2D eigenvalue weighted by atomic mass is 35.5. The van der Waals surface area contributed by atoms with Gasteiger partial charge in [0.15, 0.2) is 11.0 Å². The van der Waals surface area contributed by atoms with Crippen LogP contribution in [0.25, 0.3) is 11.4 Å². The van der Waals surface area contributed by atoms with Crippen molar-refractivity contribution in [2.24, 2.45) is 0 Å². The molecule has 2 aromatic carbocycles. The monoisotopic (exact) mass is 412 g/mol. The number of allylic oxidation sites excluding steroid dienone is 1. The van der Waals surface area contributed by atoms with E-state index in [-0.39, 0.29) is 11.7 Å². The molecule has 0 aliphatic carbocycles. The second-order valence-electron chi connectivity index (χ2n) is 6.34. The van der Waals surface area contributed by atoms with Gasteiger partial charge in [-0.1, -0.05) is 53.7 Å². The first-order chi connectivity index (χ1) is 13.5. The number of carbonyl (C=O) groups is 1. The van der Waals surface area contributed by atoms with E-state index in [2.05, 4.69) is 22.1 Å². The SMILES string of the molecule is C=CCn1c(SCC(=O)Nc2cc(C)ccc2C)nnc1-c1ccccc1Cl. The Morgan fingerprint density at radius 2 is 2.04 bits per heavy atom. The highest BCUT2D eigenvalue weighted by Gasteiger charge is 2.17. The molecule has 0 radical (unpaired) electrons. The summed E-state index contributed by atoms with van der Waals surface area (Å²) in [5.74, 6) is 0.791. The summed E-state index contributed by atoms with van der Waals surface area (Å²) in [5, 5.41) is 12.7. The van der Waals surface area contributed by atoms with Crippen LogP contribution in [0.3, 0.4) is 0 Å². The molecule has 0 spiro atoms. The van der Waals surface area contributed by atoms with Crippen LogP contribution in [0.15, 0.2) is 60.3 Å². The summed E-state index contributed by atoms with van der Waals surface area (Å²) < 4.78 is 1.91. The molecule has 0 unspecified atom stereocenters. The average molecular weight is 413 g/mol. The van der Waals surface area contributed by atoms with Crippen molar-refractivity contribution in [3.05, 3.63) is 71.3 Å². The van der Waals surface area contributed by atoms with Crippen LogP contribution in [0.4, 0.5) is 5.69 Å². The molecule has 1 aromatic heterocycles. The third-order valence-corrected chi connectivity index (χ3v) is 5.44. The molecular formula is C21H21ClN4OS. The van der Waals surface area contributed by atoms with Crippen molar-refractivity contribution < 1.29 is 4.79 Å². The zero-order valence-corrected chi connectivity index (χ0v) is 17.3. The number of hydrogen-bond donors (Lipinski definition) is 1. The Balaban J connectivity index is 1.75. The van der Waals surface area contributed by atoms with Crippen molar-refractivity contribution in [3.63, 3.8) is 0 Å². The van der Waals surface area contributed by atoms with Gasteiger partial charge in [-0.15, -0.1) is 16.8 Å². The molecular weight excluding hydrogens is 392 g/mol. The zero-order chi connectivity index (χ0) is 20.1. The molecule has 0 saturated heterocycles. The molecule has 3 rings (SSSR count). The maximum absolute atomic E-state index is 12.4. The van der Waals surface area contributed by atoms with Gasteiger partial charge in [-0.2, -0.15) is 0 Å². The Labute approximate surface area is 173 Å². The van der Waals surface area contributed by atoms with Gasteiger partial charge in [0.25, 0.3) is 0 Å². The number of rotatable bonds is 7. The first-order valence-corrected chi connectivity index (χ1v) is 10.1. The minimum atomic E-state index is -0.0915. The van der Waals surface area contributed by atoms with Gasteiger partial charge in [0.05, 0.1) is 10.8 Å². The minimum Gasteiger partial charge on any atom is -0.325 e. The minimum absolute atomic E-state index is 0.0915. The number of nitrogens with one attached hydrogen (secondary N) is 1. The number of amides is 1. The molecule has 28 heavy (non-hydrogen) atoms. The van der Waals surface area contributed by atoms with Gasteiger partial charge >= 0.3 is 0 Å². The van der Waals surface area contributed by atoms with Crippen molar-refractivity contribution in [3.8, 4) is 11.4 Å². The van der Waals surface area contributed by atoms with E-state index in [0.717, 1.165) is 22.4 Å². The smallest absolute Gasteiger partial charge is 0.234 e. The standard InChI is InChI=1S/C21H21ClN4OS/c1-4-11-26-20(16-7-5-6-8-17(16)22)24-25-21(26)28-13-19(27)23-18-12-14(2)9-10-15(18)3/h4-10,12H,1,11,13H2,2-3H3,(H,23,27). The number of hydrogen-bond acceptors (Lipinski definition) is 4. The van der Waals surface area contributed by atoms with E-state index in [1.54, 1.807) is 6.08 Å². The Bertz CT molecular complexity index is 1020. The second-order valence-corrected chi connectivity index (χ2v) is 7.69. The van der Waals surface area contributed by atoms with Crippen molar-refractivity contribution >= 4 is 35.0 Å². The van der Waals surface area contributed by atoms with Gasteiger partial charge in [0.1, 0.15) is 0 Å². The van der Waals surface area contributed by atoms with Gasteiger partial charge in [0.2, 0.25) is 5.91 Å². The Kier molecular flexibility index (Phi) is 6.54. The maximum Gasteiger partial charge on any atom is 0.234 e. The summed E-state index contributed by atoms with van der Waals surface area (Å²) in [6, 6.07) is 13.5. The summed E-state index contributed by atoms with van der Waals surface area (Å²) in [6.07, 6.45) is 1.77. The molecule has 0 atom stereocenters. The largest absolute Gasteiger partial charge is 0.325 e. The predicted octanol–water partition coefficient (Wildman–Crippen LogP) is 5.13. The van der Waals surface area contributed by atoms with Crippen LogP contribution < -0.4 is 5.32 Å². The third kappa shape index (κ3) is 4.64. The molecule has 1 heterocycles. The van der Waals surface area contributed by atoms with Crippen molar-refractivity contribution in [1.82, 2.24) is 14.8 Å². The van der Waals surface area contributed by atoms with E-state index >= 15 is 0 Å². The topological polar surface area (TPSA) is 59.8 Å². The fraction of sp³-hybridized carbons (Fsp3) is 0.190. The lowest BCUT2D eigenvalue weighted by Gasteiger charge is -2.10. The Morgan fingerprint density at radius 3 is 2.79 bits per heavy atom. The van der Waals surface area contributed by atoms with Crippen LogP contribution >= 0.6 is 23.4 Å². The van der Waals surface area contributed by atoms with E-state index in [1.807, 2.05) is 60.9 Å². The molecule has 0 bridgehead atoms. The highest BCUT2D eigenvalue weighted by molar-refractivity contribution is 7.99. The number of benzene rings is 2. The molecule has 144 valence electrons. The van der Waals surface area contributed by atoms with Gasteiger partial charge in [-0.3, -0.25) is 9.36 Å². The van der Waals surface area contributed by atoms with E-state index in [9.17, 15) is 4.79 Å². The highest BCUT2D eigenvalue weighted by Crippen LogP contribution is 2.29. The first kappa shape index (κ1) is 20.2. The number of anilines is 1. The number of aromatic nitrogens is 3. The Morgan fingerprint density at radius 1 is 1.25 bits per heavy atom. The zero-order valence-electron chi connectivity index (χ0n) is 15.8. The van der Waals surface area contributed by atoms with Crippen LogP contribution in [0.1, 0.15) is 11.1 Å². The molecule has 7 heteroatoms. The molecule has 1 amide bonds. The molecule has 0 saturated carbocycles. The first-order valence-electron chi connectivity index (χ1n) is 8.78. The lowest BCUT2D eigenvalue weighted by atomic mass is 10.1. The van der Waals surface area contributed by atoms with E-state index in [1.165, 1.54) is 11.8 Å². The van der Waals surface area contributed by atoms with Gasteiger partial charge in [-0.05, 0) is 43.2 Å². The van der Waals surface area contributed by atoms with Crippen LogP contribution in [0, 0.1) is 13.8 Å². The van der Waals surface area contributed by atoms with Crippen LogP contribution in [-0.4, -0.2) is 26.4 Å². The molecule has 1 N–H and O–H groups in total. The van der Waals surface area contributed by atoms with Gasteiger partial charge in [0, 0.05) is 17.8 Å². The van der Waals surface area contributed by atoms with E-state index in [0.29, 0.717) is 22.5 Å². The van der Waals surface area contributed by atoms with E-state index < -0.39 is 0 Å². The second kappa shape index (κ2) is 9.08. The summed E-state index contributed by atoms with van der Waals surface area (Å²) in [4.78, 5) is 12.4. The third-order valence-electron chi connectivity index (χ3n) is 4.14. The molecule has 3 aromatic rings.